The lowest BCUT2D eigenvalue weighted by molar-refractivity contribution is 0.0709. The van der Waals surface area contributed by atoms with Crippen LogP contribution in [0.4, 0.5) is 8.78 Å². The number of aliphatic hydroxyl groups is 1. The van der Waals surface area contributed by atoms with Crippen molar-refractivity contribution in [2.75, 3.05) is 40.0 Å². The van der Waals surface area contributed by atoms with Crippen molar-refractivity contribution < 1.29 is 23.4 Å². The maximum absolute atomic E-state index is 12.3. The van der Waals surface area contributed by atoms with E-state index in [1.54, 1.807) is 31.4 Å². The first-order valence-electron chi connectivity index (χ1n) is 6.04. The van der Waals surface area contributed by atoms with Crippen molar-refractivity contribution in [3.8, 4) is 11.5 Å². The molecule has 0 spiro atoms. The normalized spacial score (nSPS) is 11.1. The lowest BCUT2D eigenvalue weighted by Gasteiger charge is -2.20. The zero-order valence-electron chi connectivity index (χ0n) is 10.9. The Balaban J connectivity index is 2.33. The Bertz CT molecular complexity index is 346. The van der Waals surface area contributed by atoms with Gasteiger partial charge in [0.2, 0.25) is 0 Å². The SMILES string of the molecule is COc1ccc(OCCN(CCO)CC(F)F)cc1. The summed E-state index contributed by atoms with van der Waals surface area (Å²) in [7, 11) is 1.58. The first kappa shape index (κ1) is 15.7. The minimum absolute atomic E-state index is 0.144. The van der Waals surface area contributed by atoms with Crippen molar-refractivity contribution in [1.29, 1.82) is 0 Å². The van der Waals surface area contributed by atoms with Crippen LogP contribution in [-0.4, -0.2) is 56.4 Å². The number of ether oxygens (including phenoxy) is 2. The van der Waals surface area contributed by atoms with Gasteiger partial charge in [0, 0.05) is 13.1 Å². The van der Waals surface area contributed by atoms with Gasteiger partial charge in [-0.25, -0.2) is 8.78 Å². The van der Waals surface area contributed by atoms with Gasteiger partial charge in [-0.1, -0.05) is 0 Å². The van der Waals surface area contributed by atoms with E-state index in [1.807, 2.05) is 0 Å². The van der Waals surface area contributed by atoms with Crippen molar-refractivity contribution >= 4 is 0 Å². The highest BCUT2D eigenvalue weighted by atomic mass is 19.3. The molecule has 0 saturated carbocycles. The summed E-state index contributed by atoms with van der Waals surface area (Å²) >= 11 is 0. The van der Waals surface area contributed by atoms with Gasteiger partial charge in [-0.2, -0.15) is 0 Å². The Morgan fingerprint density at radius 3 is 2.32 bits per heavy atom. The van der Waals surface area contributed by atoms with E-state index in [-0.39, 0.29) is 19.7 Å². The van der Waals surface area contributed by atoms with Crippen LogP contribution in [0, 0.1) is 0 Å². The smallest absolute Gasteiger partial charge is 0.251 e. The molecule has 19 heavy (non-hydrogen) atoms. The van der Waals surface area contributed by atoms with E-state index >= 15 is 0 Å². The molecular weight excluding hydrogens is 256 g/mol. The summed E-state index contributed by atoms with van der Waals surface area (Å²) in [6, 6.07) is 7.03. The summed E-state index contributed by atoms with van der Waals surface area (Å²) in [6.45, 7) is 0.355. The second-order valence-electron chi connectivity index (χ2n) is 3.94. The average molecular weight is 275 g/mol. The predicted octanol–water partition coefficient (Wildman–Crippen LogP) is 1.63. The molecule has 0 aliphatic rings. The van der Waals surface area contributed by atoms with Gasteiger partial charge in [-0.05, 0) is 24.3 Å². The van der Waals surface area contributed by atoms with Gasteiger partial charge in [-0.3, -0.25) is 4.90 Å². The summed E-state index contributed by atoms with van der Waals surface area (Å²) in [5.74, 6) is 1.38. The number of methoxy groups -OCH3 is 1. The molecule has 6 heteroatoms. The molecule has 0 atom stereocenters. The van der Waals surface area contributed by atoms with Gasteiger partial charge >= 0.3 is 0 Å². The first-order chi connectivity index (χ1) is 9.15. The molecule has 1 N–H and O–H groups in total. The summed E-state index contributed by atoms with van der Waals surface area (Å²) in [6.07, 6.45) is -2.41. The van der Waals surface area contributed by atoms with Crippen LogP contribution in [-0.2, 0) is 0 Å². The third-order valence-electron chi connectivity index (χ3n) is 2.55. The van der Waals surface area contributed by atoms with Crippen LogP contribution in [0.1, 0.15) is 0 Å². The van der Waals surface area contributed by atoms with Crippen molar-refractivity contribution in [2.45, 2.75) is 6.43 Å². The maximum atomic E-state index is 12.3. The number of hydrogen-bond donors (Lipinski definition) is 1. The first-order valence-corrected chi connectivity index (χ1v) is 6.04. The number of aliphatic hydroxyl groups excluding tert-OH is 1. The van der Waals surface area contributed by atoms with E-state index < -0.39 is 6.43 Å². The predicted molar refractivity (Wildman–Crippen MR) is 68.0 cm³/mol. The largest absolute Gasteiger partial charge is 0.497 e. The Labute approximate surface area is 111 Å². The molecule has 0 aliphatic heterocycles. The van der Waals surface area contributed by atoms with E-state index in [4.69, 9.17) is 14.6 Å². The molecule has 0 saturated heterocycles. The Morgan fingerprint density at radius 1 is 1.16 bits per heavy atom. The Hall–Kier alpha value is -1.40. The lowest BCUT2D eigenvalue weighted by atomic mass is 10.3. The van der Waals surface area contributed by atoms with E-state index in [0.29, 0.717) is 18.9 Å². The van der Waals surface area contributed by atoms with Gasteiger partial charge in [0.25, 0.3) is 6.43 Å². The quantitative estimate of drug-likeness (QED) is 0.744. The lowest BCUT2D eigenvalue weighted by Crippen LogP contribution is -2.35. The molecule has 0 aromatic heterocycles. The van der Waals surface area contributed by atoms with E-state index in [0.717, 1.165) is 5.75 Å². The molecule has 4 nitrogen and oxygen atoms in total. The highest BCUT2D eigenvalue weighted by molar-refractivity contribution is 5.31. The minimum atomic E-state index is -2.41. The molecular formula is C13H19F2NO3. The molecule has 1 rings (SSSR count). The van der Waals surface area contributed by atoms with Crippen molar-refractivity contribution in [3.63, 3.8) is 0 Å². The topological polar surface area (TPSA) is 41.9 Å². The fourth-order valence-corrected chi connectivity index (χ4v) is 1.60. The van der Waals surface area contributed by atoms with Crippen molar-refractivity contribution in [1.82, 2.24) is 4.90 Å². The van der Waals surface area contributed by atoms with Gasteiger partial charge in [0.05, 0.1) is 20.3 Å². The number of benzene rings is 1. The number of alkyl halides is 2. The van der Waals surface area contributed by atoms with Crippen LogP contribution in [0.3, 0.4) is 0 Å². The van der Waals surface area contributed by atoms with Gasteiger partial charge in [0.15, 0.2) is 0 Å². The van der Waals surface area contributed by atoms with Gasteiger partial charge in [0.1, 0.15) is 18.1 Å². The fourth-order valence-electron chi connectivity index (χ4n) is 1.60. The number of nitrogens with zero attached hydrogens (tertiary/aromatic N) is 1. The van der Waals surface area contributed by atoms with Gasteiger partial charge in [-0.15, -0.1) is 0 Å². The monoisotopic (exact) mass is 275 g/mol. The van der Waals surface area contributed by atoms with E-state index in [2.05, 4.69) is 0 Å². The number of hydrogen-bond acceptors (Lipinski definition) is 4. The highest BCUT2D eigenvalue weighted by Gasteiger charge is 2.11. The molecule has 0 aliphatic carbocycles. The summed E-state index contributed by atoms with van der Waals surface area (Å²) in [5, 5.41) is 8.78. The molecule has 0 unspecified atom stereocenters. The molecule has 1 aromatic carbocycles. The van der Waals surface area contributed by atoms with Crippen LogP contribution in [0.15, 0.2) is 24.3 Å². The molecule has 0 radical (unpaired) electrons. The second-order valence-corrected chi connectivity index (χ2v) is 3.94. The summed E-state index contributed by atoms with van der Waals surface area (Å²) in [4.78, 5) is 1.47. The third-order valence-corrected chi connectivity index (χ3v) is 2.55. The van der Waals surface area contributed by atoms with Gasteiger partial charge < -0.3 is 14.6 Å². The molecule has 1 aromatic rings. The third kappa shape index (κ3) is 6.35. The summed E-state index contributed by atoms with van der Waals surface area (Å²) in [5.41, 5.74) is 0. The molecule has 0 heterocycles. The van der Waals surface area contributed by atoms with Crippen molar-refractivity contribution in [3.05, 3.63) is 24.3 Å². The van der Waals surface area contributed by atoms with Crippen LogP contribution < -0.4 is 9.47 Å². The fraction of sp³-hybridized carbons (Fsp3) is 0.538. The van der Waals surface area contributed by atoms with Crippen LogP contribution in [0.5, 0.6) is 11.5 Å². The van der Waals surface area contributed by atoms with Crippen LogP contribution in [0.25, 0.3) is 0 Å². The van der Waals surface area contributed by atoms with Crippen molar-refractivity contribution in [2.24, 2.45) is 0 Å². The van der Waals surface area contributed by atoms with E-state index in [1.165, 1.54) is 4.90 Å². The Morgan fingerprint density at radius 2 is 1.79 bits per heavy atom. The van der Waals surface area contributed by atoms with E-state index in [9.17, 15) is 8.78 Å². The number of halogens is 2. The van der Waals surface area contributed by atoms with Crippen LogP contribution in [0.2, 0.25) is 0 Å². The maximum Gasteiger partial charge on any atom is 0.251 e. The second kappa shape index (κ2) is 8.66. The zero-order valence-corrected chi connectivity index (χ0v) is 10.9. The number of rotatable bonds is 9. The molecule has 0 fully saturated rings. The minimum Gasteiger partial charge on any atom is -0.497 e. The highest BCUT2D eigenvalue weighted by Crippen LogP contribution is 2.16. The molecule has 108 valence electrons. The Kier molecular flexibility index (Phi) is 7.14. The zero-order chi connectivity index (χ0) is 14.1. The molecule has 0 bridgehead atoms. The standard InChI is InChI=1S/C13H19F2NO3/c1-18-11-2-4-12(5-3-11)19-9-7-16(6-8-17)10-13(14)15/h2-5,13,17H,6-10H2,1H3. The molecule has 0 amide bonds. The summed E-state index contributed by atoms with van der Waals surface area (Å²) < 4.78 is 35.0. The average Bonchev–Trinajstić information content (AvgIpc) is 2.39. The van der Waals surface area contributed by atoms with Crippen LogP contribution >= 0.6 is 0 Å².